The van der Waals surface area contributed by atoms with Crippen LogP contribution in [-0.4, -0.2) is 35.2 Å². The molecule has 4 N–H and O–H groups in total. The summed E-state index contributed by atoms with van der Waals surface area (Å²) < 4.78 is 10.5. The SMILES string of the molecule is CC(C)(C)OC(=O)Nc1ccccc1NC(=O)C(C)(C)C(=O)Nc1ccccc1NC(=O)OC(C)(C)C. The van der Waals surface area contributed by atoms with E-state index in [4.69, 9.17) is 9.47 Å². The van der Waals surface area contributed by atoms with Crippen LogP contribution in [0.2, 0.25) is 0 Å². The van der Waals surface area contributed by atoms with Crippen molar-refractivity contribution in [1.82, 2.24) is 0 Å². The third-order valence-electron chi connectivity index (χ3n) is 4.76. The topological polar surface area (TPSA) is 135 Å². The summed E-state index contributed by atoms with van der Waals surface area (Å²) >= 11 is 0. The minimum Gasteiger partial charge on any atom is -0.444 e. The molecule has 0 heterocycles. The lowest BCUT2D eigenvalue weighted by atomic mass is 9.90. The summed E-state index contributed by atoms with van der Waals surface area (Å²) in [5.41, 5.74) is -1.70. The van der Waals surface area contributed by atoms with Crippen LogP contribution in [-0.2, 0) is 19.1 Å². The molecule has 0 spiro atoms. The number of anilines is 4. The Hall–Kier alpha value is -4.08. The highest BCUT2D eigenvalue weighted by Gasteiger charge is 2.37. The van der Waals surface area contributed by atoms with Gasteiger partial charge in [0.1, 0.15) is 16.6 Å². The first-order valence-electron chi connectivity index (χ1n) is 11.8. The molecule has 4 amide bonds. The molecule has 0 radical (unpaired) electrons. The highest BCUT2D eigenvalue weighted by Crippen LogP contribution is 2.28. The molecule has 200 valence electrons. The van der Waals surface area contributed by atoms with Crippen molar-refractivity contribution in [1.29, 1.82) is 0 Å². The molecule has 0 aliphatic heterocycles. The first-order valence-corrected chi connectivity index (χ1v) is 11.8. The number of hydrogen-bond acceptors (Lipinski definition) is 6. The van der Waals surface area contributed by atoms with Crippen molar-refractivity contribution >= 4 is 46.8 Å². The molecule has 0 atom stereocenters. The van der Waals surface area contributed by atoms with Crippen molar-refractivity contribution in [3.63, 3.8) is 0 Å². The molecule has 0 saturated carbocycles. The average Bonchev–Trinajstić information content (AvgIpc) is 2.73. The molecule has 0 bridgehead atoms. The van der Waals surface area contributed by atoms with E-state index in [2.05, 4.69) is 21.3 Å². The molecular weight excluding hydrogens is 476 g/mol. The maximum atomic E-state index is 13.1. The van der Waals surface area contributed by atoms with Crippen molar-refractivity contribution in [2.45, 2.75) is 66.6 Å². The number of carbonyl (C=O) groups is 4. The maximum Gasteiger partial charge on any atom is 0.412 e. The molecule has 37 heavy (non-hydrogen) atoms. The van der Waals surface area contributed by atoms with E-state index in [0.29, 0.717) is 22.7 Å². The Morgan fingerprint density at radius 2 is 0.784 bits per heavy atom. The van der Waals surface area contributed by atoms with E-state index in [1.54, 1.807) is 90.1 Å². The van der Waals surface area contributed by atoms with Gasteiger partial charge in [0.15, 0.2) is 0 Å². The molecule has 2 rings (SSSR count). The van der Waals surface area contributed by atoms with Gasteiger partial charge in [-0.05, 0) is 79.7 Å². The maximum absolute atomic E-state index is 13.1. The first-order chi connectivity index (χ1) is 17.0. The fourth-order valence-electron chi connectivity index (χ4n) is 2.89. The van der Waals surface area contributed by atoms with Gasteiger partial charge in [-0.1, -0.05) is 24.3 Å². The zero-order valence-corrected chi connectivity index (χ0v) is 22.6. The molecule has 2 aromatic rings. The normalized spacial score (nSPS) is 11.7. The van der Waals surface area contributed by atoms with E-state index < -0.39 is 40.6 Å². The minimum absolute atomic E-state index is 0.297. The lowest BCUT2D eigenvalue weighted by molar-refractivity contribution is -0.135. The number of hydrogen-bond donors (Lipinski definition) is 4. The molecule has 0 aliphatic carbocycles. The molecule has 10 nitrogen and oxygen atoms in total. The van der Waals surface area contributed by atoms with Crippen LogP contribution in [0.1, 0.15) is 55.4 Å². The molecule has 0 fully saturated rings. The number of nitrogens with one attached hydrogen (secondary N) is 4. The van der Waals surface area contributed by atoms with Crippen LogP contribution >= 0.6 is 0 Å². The second kappa shape index (κ2) is 11.3. The van der Waals surface area contributed by atoms with Gasteiger partial charge in [-0.3, -0.25) is 20.2 Å². The van der Waals surface area contributed by atoms with E-state index in [9.17, 15) is 19.2 Å². The molecule has 0 aromatic heterocycles. The first kappa shape index (κ1) is 29.2. The second-order valence-corrected chi connectivity index (χ2v) is 10.9. The zero-order valence-electron chi connectivity index (χ0n) is 22.6. The highest BCUT2D eigenvalue weighted by atomic mass is 16.6. The zero-order chi connectivity index (χ0) is 28.0. The molecule has 0 saturated heterocycles. The predicted octanol–water partition coefficient (Wildman–Crippen LogP) is 5.98. The summed E-state index contributed by atoms with van der Waals surface area (Å²) in [6, 6.07) is 13.1. The number of benzene rings is 2. The van der Waals surface area contributed by atoms with E-state index in [1.165, 1.54) is 13.8 Å². The molecule has 0 unspecified atom stereocenters. The number of amides is 4. The Morgan fingerprint density at radius 1 is 0.514 bits per heavy atom. The van der Waals surface area contributed by atoms with Crippen LogP contribution in [0.25, 0.3) is 0 Å². The van der Waals surface area contributed by atoms with E-state index in [0.717, 1.165) is 0 Å². The largest absolute Gasteiger partial charge is 0.444 e. The third kappa shape index (κ3) is 9.14. The van der Waals surface area contributed by atoms with Gasteiger partial charge in [-0.2, -0.15) is 0 Å². The van der Waals surface area contributed by atoms with Crippen LogP contribution in [0, 0.1) is 5.41 Å². The van der Waals surface area contributed by atoms with Gasteiger partial charge in [0, 0.05) is 0 Å². The smallest absolute Gasteiger partial charge is 0.412 e. The number of carbonyl (C=O) groups excluding carboxylic acids is 4. The van der Waals surface area contributed by atoms with Crippen LogP contribution < -0.4 is 21.3 Å². The highest BCUT2D eigenvalue weighted by molar-refractivity contribution is 6.15. The van der Waals surface area contributed by atoms with Crippen LogP contribution in [0.5, 0.6) is 0 Å². The van der Waals surface area contributed by atoms with Gasteiger partial charge in [-0.15, -0.1) is 0 Å². The van der Waals surface area contributed by atoms with Crippen LogP contribution in [0.3, 0.4) is 0 Å². The lowest BCUT2D eigenvalue weighted by Crippen LogP contribution is -2.42. The Kier molecular flexibility index (Phi) is 8.92. The Balaban J connectivity index is 2.15. The Bertz CT molecular complexity index is 1070. The number of rotatable bonds is 6. The van der Waals surface area contributed by atoms with Crippen molar-refractivity contribution in [3.8, 4) is 0 Å². The third-order valence-corrected chi connectivity index (χ3v) is 4.76. The quantitative estimate of drug-likeness (QED) is 0.352. The van der Waals surface area contributed by atoms with Crippen molar-refractivity contribution in [2.75, 3.05) is 21.3 Å². The number of ether oxygens (including phenoxy) is 2. The molecule has 10 heteroatoms. The molecule has 0 aliphatic rings. The standard InChI is InChI=1S/C27H36N4O6/c1-25(2,3)36-23(34)30-19-15-11-9-13-17(19)28-21(32)27(7,8)22(33)29-18-14-10-12-16-20(18)31-24(35)37-26(4,5)6/h9-16H,1-8H3,(H,28,32)(H,29,33)(H,30,34)(H,31,35). The van der Waals surface area contributed by atoms with Gasteiger partial charge in [-0.25, -0.2) is 9.59 Å². The minimum atomic E-state index is -1.53. The fraction of sp³-hybridized carbons (Fsp3) is 0.407. The Labute approximate surface area is 217 Å². The fourth-order valence-corrected chi connectivity index (χ4v) is 2.89. The summed E-state index contributed by atoms with van der Waals surface area (Å²) in [7, 11) is 0. The lowest BCUT2D eigenvalue weighted by Gasteiger charge is -2.25. The van der Waals surface area contributed by atoms with Gasteiger partial charge in [0.05, 0.1) is 22.7 Å². The molecule has 2 aromatic carbocycles. The predicted molar refractivity (Wildman–Crippen MR) is 144 cm³/mol. The van der Waals surface area contributed by atoms with Gasteiger partial charge < -0.3 is 20.1 Å². The van der Waals surface area contributed by atoms with E-state index in [1.807, 2.05) is 0 Å². The summed E-state index contributed by atoms with van der Waals surface area (Å²) in [6.07, 6.45) is -1.36. The van der Waals surface area contributed by atoms with E-state index >= 15 is 0 Å². The summed E-state index contributed by atoms with van der Waals surface area (Å²) in [5, 5.41) is 10.6. The van der Waals surface area contributed by atoms with Crippen LogP contribution in [0.4, 0.5) is 32.3 Å². The van der Waals surface area contributed by atoms with Gasteiger partial charge in [0.25, 0.3) is 0 Å². The monoisotopic (exact) mass is 512 g/mol. The van der Waals surface area contributed by atoms with Gasteiger partial charge in [0.2, 0.25) is 11.8 Å². The van der Waals surface area contributed by atoms with Gasteiger partial charge >= 0.3 is 12.2 Å². The summed E-state index contributed by atoms with van der Waals surface area (Å²) in [6.45, 7) is 13.4. The summed E-state index contributed by atoms with van der Waals surface area (Å²) in [4.78, 5) is 50.7. The second-order valence-electron chi connectivity index (χ2n) is 10.9. The Morgan fingerprint density at radius 3 is 1.05 bits per heavy atom. The van der Waals surface area contributed by atoms with Crippen molar-refractivity contribution in [2.24, 2.45) is 5.41 Å². The number of para-hydroxylation sites is 4. The van der Waals surface area contributed by atoms with E-state index in [-0.39, 0.29) is 0 Å². The summed E-state index contributed by atoms with van der Waals surface area (Å²) in [5.74, 6) is -1.22. The van der Waals surface area contributed by atoms with Crippen molar-refractivity contribution in [3.05, 3.63) is 48.5 Å². The van der Waals surface area contributed by atoms with Crippen molar-refractivity contribution < 1.29 is 28.7 Å². The molecular formula is C27H36N4O6. The van der Waals surface area contributed by atoms with Crippen LogP contribution in [0.15, 0.2) is 48.5 Å². The average molecular weight is 513 g/mol.